The average Bonchev–Trinajstić information content (AvgIpc) is 3.36. The summed E-state index contributed by atoms with van der Waals surface area (Å²) >= 11 is 1.56. The van der Waals surface area contributed by atoms with Crippen LogP contribution in [0.4, 0.5) is 0 Å². The summed E-state index contributed by atoms with van der Waals surface area (Å²) in [4.78, 5) is 44.4. The zero-order chi connectivity index (χ0) is 24.8. The Hall–Kier alpha value is -1.54. The number of carbonyl (C=O) groups excluding carboxylic acids is 2. The fraction of sp³-hybridized carbons (Fsp3) is 0.808. The highest BCUT2D eigenvalue weighted by Crippen LogP contribution is 2.71. The predicted molar refractivity (Wildman–Crippen MR) is 132 cm³/mol. The van der Waals surface area contributed by atoms with E-state index >= 15 is 0 Å². The van der Waals surface area contributed by atoms with Crippen molar-refractivity contribution in [2.75, 3.05) is 13.2 Å². The summed E-state index contributed by atoms with van der Waals surface area (Å²) in [6, 6.07) is -1.14. The van der Waals surface area contributed by atoms with E-state index in [4.69, 9.17) is 0 Å². The van der Waals surface area contributed by atoms with Crippen molar-refractivity contribution in [3.05, 3.63) is 12.7 Å². The van der Waals surface area contributed by atoms with Gasteiger partial charge in [0, 0.05) is 17.3 Å². The molecule has 4 fully saturated rings. The topological polar surface area (TPSA) is 98.2 Å². The van der Waals surface area contributed by atoms with Crippen LogP contribution in [0.3, 0.4) is 0 Å². The lowest BCUT2D eigenvalue weighted by molar-refractivity contribution is -0.151. The number of likely N-dealkylation sites (tertiary alicyclic amines) is 1. The molecular formula is C26H40N2O5S. The zero-order valence-corrected chi connectivity index (χ0v) is 21.6. The number of nitrogens with zero attached hydrogens (tertiary/aromatic N) is 2. The van der Waals surface area contributed by atoms with Crippen LogP contribution in [0, 0.1) is 17.8 Å². The van der Waals surface area contributed by atoms with Crippen LogP contribution in [-0.2, 0) is 14.4 Å². The normalized spacial score (nSPS) is 36.1. The number of aliphatic carboxylic acids is 1. The number of aliphatic hydroxyl groups excluding tert-OH is 1. The van der Waals surface area contributed by atoms with E-state index in [0.717, 1.165) is 25.7 Å². The molecule has 3 heterocycles. The van der Waals surface area contributed by atoms with E-state index in [9.17, 15) is 24.6 Å². The fourth-order valence-corrected chi connectivity index (χ4v) is 9.67. The Balaban J connectivity index is 1.80. The third-order valence-corrected chi connectivity index (χ3v) is 10.7. The molecule has 2 bridgehead atoms. The van der Waals surface area contributed by atoms with Gasteiger partial charge in [-0.3, -0.25) is 14.4 Å². The number of carboxylic acid groups (broad SMARTS) is 1. The van der Waals surface area contributed by atoms with Crippen LogP contribution >= 0.6 is 11.8 Å². The van der Waals surface area contributed by atoms with Gasteiger partial charge in [-0.05, 0) is 44.9 Å². The number of hydrogen-bond acceptors (Lipinski definition) is 5. The Morgan fingerprint density at radius 2 is 1.94 bits per heavy atom. The van der Waals surface area contributed by atoms with Crippen molar-refractivity contribution < 1.29 is 24.6 Å². The van der Waals surface area contributed by atoms with Gasteiger partial charge in [-0.2, -0.15) is 0 Å². The van der Waals surface area contributed by atoms with Crippen LogP contribution in [0.25, 0.3) is 0 Å². The number of thioether (sulfide) groups is 1. The smallest absolute Gasteiger partial charge is 0.308 e. The molecule has 4 rings (SSSR count). The lowest BCUT2D eigenvalue weighted by Crippen LogP contribution is -2.59. The first-order valence-electron chi connectivity index (χ1n) is 12.9. The number of rotatable bonds is 9. The van der Waals surface area contributed by atoms with Gasteiger partial charge in [-0.15, -0.1) is 18.3 Å². The van der Waals surface area contributed by atoms with Gasteiger partial charge in [0.25, 0.3) is 0 Å². The van der Waals surface area contributed by atoms with Crippen molar-refractivity contribution >= 4 is 29.5 Å². The molecule has 0 aromatic heterocycles. The third-order valence-electron chi connectivity index (χ3n) is 8.69. The van der Waals surface area contributed by atoms with Gasteiger partial charge in [0.05, 0.1) is 29.2 Å². The van der Waals surface area contributed by atoms with Crippen molar-refractivity contribution in [1.29, 1.82) is 0 Å². The number of aliphatic hydroxyl groups is 1. The first kappa shape index (κ1) is 25.5. The summed E-state index contributed by atoms with van der Waals surface area (Å²) in [5, 5.41) is 20.5. The third kappa shape index (κ3) is 3.89. The molecule has 7 nitrogen and oxygen atoms in total. The first-order valence-corrected chi connectivity index (χ1v) is 13.7. The van der Waals surface area contributed by atoms with E-state index in [2.05, 4.69) is 6.58 Å². The van der Waals surface area contributed by atoms with E-state index in [1.54, 1.807) is 22.7 Å². The molecule has 3 saturated heterocycles. The maximum absolute atomic E-state index is 14.4. The molecular weight excluding hydrogens is 452 g/mol. The minimum absolute atomic E-state index is 0.0901. The Morgan fingerprint density at radius 1 is 1.26 bits per heavy atom. The molecule has 34 heavy (non-hydrogen) atoms. The molecule has 3 aliphatic heterocycles. The van der Waals surface area contributed by atoms with Crippen LogP contribution in [0.1, 0.15) is 72.1 Å². The van der Waals surface area contributed by atoms with Crippen LogP contribution < -0.4 is 0 Å². The van der Waals surface area contributed by atoms with Gasteiger partial charge in [-0.1, -0.05) is 39.2 Å². The molecule has 6 atom stereocenters. The second kappa shape index (κ2) is 9.49. The summed E-state index contributed by atoms with van der Waals surface area (Å²) < 4.78 is -1.32. The molecule has 1 aliphatic carbocycles. The molecule has 8 heteroatoms. The number of fused-ring (bicyclic) bond motifs is 1. The summed E-state index contributed by atoms with van der Waals surface area (Å²) in [6.45, 7) is 10.1. The van der Waals surface area contributed by atoms with Crippen molar-refractivity contribution in [3.8, 4) is 0 Å². The van der Waals surface area contributed by atoms with Gasteiger partial charge < -0.3 is 20.0 Å². The number of carboxylic acids is 1. The largest absolute Gasteiger partial charge is 0.481 e. The predicted octanol–water partition coefficient (Wildman–Crippen LogP) is 3.31. The van der Waals surface area contributed by atoms with Crippen molar-refractivity contribution in [2.45, 2.75) is 99.8 Å². The summed E-state index contributed by atoms with van der Waals surface area (Å²) in [5.74, 6) is -2.64. The van der Waals surface area contributed by atoms with Crippen LogP contribution in [0.5, 0.6) is 0 Å². The van der Waals surface area contributed by atoms with E-state index in [0.29, 0.717) is 25.8 Å². The lowest BCUT2D eigenvalue weighted by Gasteiger charge is -2.42. The Labute approximate surface area is 207 Å². The highest BCUT2D eigenvalue weighted by Gasteiger charge is 2.78. The molecule has 190 valence electrons. The summed E-state index contributed by atoms with van der Waals surface area (Å²) in [6.07, 6.45) is 8.84. The van der Waals surface area contributed by atoms with E-state index in [1.165, 1.54) is 6.42 Å². The molecule has 1 spiro atoms. The van der Waals surface area contributed by atoms with Gasteiger partial charge in [0.15, 0.2) is 0 Å². The monoisotopic (exact) mass is 492 g/mol. The summed E-state index contributed by atoms with van der Waals surface area (Å²) in [7, 11) is 0. The zero-order valence-electron chi connectivity index (χ0n) is 20.7. The minimum atomic E-state index is -0.956. The quantitative estimate of drug-likeness (QED) is 0.479. The second-order valence-corrected chi connectivity index (χ2v) is 13.2. The molecule has 0 radical (unpaired) electrons. The highest BCUT2D eigenvalue weighted by molar-refractivity contribution is 8.02. The highest BCUT2D eigenvalue weighted by atomic mass is 32.2. The Kier molecular flexibility index (Phi) is 7.13. The minimum Gasteiger partial charge on any atom is -0.481 e. The number of carbonyl (C=O) groups is 3. The van der Waals surface area contributed by atoms with Gasteiger partial charge in [0.1, 0.15) is 6.04 Å². The molecule has 2 unspecified atom stereocenters. The molecule has 1 saturated carbocycles. The Bertz CT molecular complexity index is 843. The molecule has 4 aliphatic rings. The van der Waals surface area contributed by atoms with Crippen molar-refractivity contribution in [1.82, 2.24) is 9.80 Å². The summed E-state index contributed by atoms with van der Waals surface area (Å²) in [5.41, 5.74) is 0. The maximum atomic E-state index is 14.4. The van der Waals surface area contributed by atoms with Crippen LogP contribution in [-0.4, -0.2) is 78.6 Å². The standard InChI is InChI=1S/C26H40N2O5S/c1-5-13-27(17-9-7-6-8-10-17)23(31)21-26-12-11-25(4,34-26)20(24(32)33)19(26)22(30)28(21)18(15-29)14-16(2)3/h5,16-21,29H,1,6-15H2,2-4H3,(H,32,33)/t18-,19+,20+,21?,25-,26?/m1/s1. The number of hydrogen-bond donors (Lipinski definition) is 2. The van der Waals surface area contributed by atoms with Gasteiger partial charge in [0.2, 0.25) is 11.8 Å². The number of amides is 2. The van der Waals surface area contributed by atoms with E-state index < -0.39 is 39.4 Å². The maximum Gasteiger partial charge on any atom is 0.308 e. The molecule has 0 aromatic rings. The lowest BCUT2D eigenvalue weighted by atomic mass is 9.66. The molecule has 0 aromatic carbocycles. The SMILES string of the molecule is C=CCN(C(=O)C1N([C@@H](CO)CC(C)C)C(=O)[C@@H]2[C@@H](C(=O)O)[C@@]3(C)CCC12S3)C1CCCCC1. The van der Waals surface area contributed by atoms with Crippen LogP contribution in [0.2, 0.25) is 0 Å². The molecule has 2 N–H and O–H groups in total. The van der Waals surface area contributed by atoms with Crippen LogP contribution in [0.15, 0.2) is 12.7 Å². The van der Waals surface area contributed by atoms with Gasteiger partial charge in [-0.25, -0.2) is 0 Å². The van der Waals surface area contributed by atoms with Crippen molar-refractivity contribution in [2.24, 2.45) is 17.8 Å². The first-order chi connectivity index (χ1) is 16.1. The average molecular weight is 493 g/mol. The van der Waals surface area contributed by atoms with E-state index in [-0.39, 0.29) is 30.4 Å². The van der Waals surface area contributed by atoms with E-state index in [1.807, 2.05) is 25.7 Å². The Morgan fingerprint density at radius 3 is 2.50 bits per heavy atom. The van der Waals surface area contributed by atoms with Gasteiger partial charge >= 0.3 is 5.97 Å². The fourth-order valence-electron chi connectivity index (χ4n) is 7.34. The molecule has 2 amide bonds. The van der Waals surface area contributed by atoms with Crippen molar-refractivity contribution in [3.63, 3.8) is 0 Å². The second-order valence-electron chi connectivity index (χ2n) is 11.3.